The van der Waals surface area contributed by atoms with Gasteiger partial charge in [-0.15, -0.1) is 36.4 Å². The highest BCUT2D eigenvalue weighted by atomic mass is 35.6. The molecule has 2 aliphatic heterocycles. The predicted molar refractivity (Wildman–Crippen MR) is 302 cm³/mol. The number of carbonyl (C=O) groups is 8. The van der Waals surface area contributed by atoms with Gasteiger partial charge < -0.3 is 44.5 Å². The van der Waals surface area contributed by atoms with Crippen molar-refractivity contribution < 1.29 is 72.3 Å². The van der Waals surface area contributed by atoms with E-state index < -0.39 is 117 Å². The van der Waals surface area contributed by atoms with E-state index in [4.69, 9.17) is 122 Å². The highest BCUT2D eigenvalue weighted by molar-refractivity contribution is 6.68. The Hall–Kier alpha value is -2.64. The Labute approximate surface area is 498 Å². The molecule has 0 saturated carbocycles. The van der Waals surface area contributed by atoms with Crippen LogP contribution in [0.15, 0.2) is 25.3 Å². The summed E-state index contributed by atoms with van der Waals surface area (Å²) in [5, 5.41) is 26.2. The van der Waals surface area contributed by atoms with Crippen LogP contribution in [-0.4, -0.2) is 170 Å². The Kier molecular flexibility index (Phi) is 40.2. The molecule has 0 aromatic carbocycles. The van der Waals surface area contributed by atoms with E-state index in [9.17, 15) is 43.5 Å². The molecule has 2 rings (SSSR count). The van der Waals surface area contributed by atoms with E-state index in [2.05, 4.69) is 34.6 Å². The summed E-state index contributed by atoms with van der Waals surface area (Å²) >= 11 is 43.0. The second-order valence-corrected chi connectivity index (χ2v) is 24.5. The van der Waals surface area contributed by atoms with Gasteiger partial charge in [-0.25, -0.2) is 10.9 Å². The first-order valence-corrected chi connectivity index (χ1v) is 28.2. The first-order valence-electron chi connectivity index (χ1n) is 24.9. The summed E-state index contributed by atoms with van der Waals surface area (Å²) < 4.78 is 22.4. The fraction of sp³-hybridized carbons (Fsp3) is 0.755. The van der Waals surface area contributed by atoms with E-state index in [0.717, 1.165) is 6.42 Å². The van der Waals surface area contributed by atoms with E-state index in [1.165, 1.54) is 38.1 Å². The average molecular weight is 1280 g/mol. The number of carboxylic acids is 1. The normalized spacial score (nSPS) is 18.6. The number of nitrogens with zero attached hydrogens (tertiary/aromatic N) is 2. The summed E-state index contributed by atoms with van der Waals surface area (Å²) in [6.07, 6.45) is 5.29. The molecule has 21 nitrogen and oxygen atoms in total. The van der Waals surface area contributed by atoms with Gasteiger partial charge in [0.15, 0.2) is 6.10 Å². The lowest BCUT2D eigenvalue weighted by Crippen LogP contribution is -2.60. The molecule has 78 heavy (non-hydrogen) atoms. The van der Waals surface area contributed by atoms with Crippen LogP contribution in [0.1, 0.15) is 107 Å². The number of hydrogen-bond donors (Lipinski definition) is 6. The number of hydrazine groups is 2. The molecular weight excluding hydrogens is 1200 g/mol. The Morgan fingerprint density at radius 2 is 1.03 bits per heavy atom. The van der Waals surface area contributed by atoms with Crippen molar-refractivity contribution in [2.45, 2.75) is 163 Å². The Bertz CT molecular complexity index is 1880. The van der Waals surface area contributed by atoms with Crippen molar-refractivity contribution in [1.82, 2.24) is 31.5 Å². The number of methoxy groups -OCH3 is 2. The minimum atomic E-state index is -1.75. The number of nitrogens with one attached hydrogen (secondary N) is 4. The number of rotatable bonds is 25. The topological polar surface area (TPSA) is 278 Å². The highest BCUT2D eigenvalue weighted by Gasteiger charge is 2.37. The minimum absolute atomic E-state index is 0.194. The molecule has 2 aliphatic rings. The van der Waals surface area contributed by atoms with Crippen LogP contribution in [0.25, 0.3) is 0 Å². The van der Waals surface area contributed by atoms with Crippen molar-refractivity contribution >= 4 is 140 Å². The summed E-state index contributed by atoms with van der Waals surface area (Å²) in [4.78, 5) is 97.9. The maximum atomic E-state index is 13.0. The molecule has 0 unspecified atom stereocenters. The molecule has 0 spiro atoms. The maximum absolute atomic E-state index is 13.0. The zero-order valence-electron chi connectivity index (χ0n) is 45.8. The number of ether oxygens (including phenoxy) is 5. The quantitative estimate of drug-likeness (QED) is 0.0230. The summed E-state index contributed by atoms with van der Waals surface area (Å²) in [7, 11) is 3.05. The largest absolute Gasteiger partial charge is 0.481 e. The third-order valence-corrected chi connectivity index (χ3v) is 12.1. The predicted octanol–water partition coefficient (Wildman–Crippen LogP) is 7.11. The molecule has 0 aliphatic carbocycles. The van der Waals surface area contributed by atoms with E-state index >= 15 is 0 Å². The van der Waals surface area contributed by atoms with Gasteiger partial charge in [0.1, 0.15) is 43.5 Å². The average Bonchev–Trinajstić information content (AvgIpc) is 3.38. The number of esters is 3. The van der Waals surface area contributed by atoms with Crippen molar-refractivity contribution in [3.8, 4) is 0 Å². The van der Waals surface area contributed by atoms with E-state index in [0.29, 0.717) is 58.0 Å². The Morgan fingerprint density at radius 1 is 0.654 bits per heavy atom. The lowest BCUT2D eigenvalue weighted by atomic mass is 9.99. The number of carbonyl (C=O) groups excluding carboxylic acids is 7. The van der Waals surface area contributed by atoms with Gasteiger partial charge in [-0.3, -0.25) is 48.4 Å². The van der Waals surface area contributed by atoms with E-state index in [1.54, 1.807) is 53.7 Å². The van der Waals surface area contributed by atoms with Gasteiger partial charge in [-0.05, 0) is 90.9 Å². The van der Waals surface area contributed by atoms with E-state index in [1.807, 2.05) is 0 Å². The third-order valence-electron chi connectivity index (χ3n) is 11.5. The van der Waals surface area contributed by atoms with Gasteiger partial charge in [0.05, 0.1) is 29.4 Å². The molecule has 10 atom stereocenters. The Balaban J connectivity index is 0. The number of hydrogen-bond acceptors (Lipinski definition) is 16. The van der Waals surface area contributed by atoms with Crippen molar-refractivity contribution in [1.29, 1.82) is 0 Å². The fourth-order valence-electron chi connectivity index (χ4n) is 6.97. The molecule has 2 fully saturated rings. The van der Waals surface area contributed by atoms with Crippen molar-refractivity contribution in [3.05, 3.63) is 25.3 Å². The van der Waals surface area contributed by atoms with Gasteiger partial charge in [0, 0.05) is 27.3 Å². The van der Waals surface area contributed by atoms with Gasteiger partial charge in [-0.1, -0.05) is 109 Å². The van der Waals surface area contributed by atoms with E-state index in [-0.39, 0.29) is 29.4 Å². The van der Waals surface area contributed by atoms with Gasteiger partial charge >= 0.3 is 23.9 Å². The number of alkyl halides is 8. The first kappa shape index (κ1) is 77.4. The van der Waals surface area contributed by atoms with Crippen LogP contribution >= 0.6 is 92.8 Å². The van der Waals surface area contributed by atoms with Crippen molar-refractivity contribution in [2.75, 3.05) is 45.9 Å². The lowest BCUT2D eigenvalue weighted by Gasteiger charge is -2.34. The molecule has 2 saturated heterocycles. The second kappa shape index (κ2) is 40.5. The summed E-state index contributed by atoms with van der Waals surface area (Å²) in [6, 6.07) is -3.41. The molecule has 29 heteroatoms. The summed E-state index contributed by atoms with van der Waals surface area (Å²) in [5.74, 6) is -6.51. The molecule has 0 radical (unpaired) electrons. The lowest BCUT2D eigenvalue weighted by molar-refractivity contribution is -0.166. The van der Waals surface area contributed by atoms with Gasteiger partial charge in [0.25, 0.3) is 17.7 Å². The number of aliphatic hydroxyl groups excluding tert-OH is 1. The molecule has 0 aromatic heterocycles. The third kappa shape index (κ3) is 32.1. The molecule has 452 valence electrons. The maximum Gasteiger partial charge on any atom is 0.325 e. The second-order valence-electron chi connectivity index (χ2n) is 18.6. The molecule has 6 N–H and O–H groups in total. The minimum Gasteiger partial charge on any atom is -0.481 e. The van der Waals surface area contributed by atoms with Crippen LogP contribution in [0, 0.1) is 23.7 Å². The SMILES string of the molecule is C=CCC[C@@H](OC)[C@@H](C)C(=O)O.C=CCC[C@@H](OC)[C@@H](C)C(=O)O[C@H](C(=O)N[C@@H](C)C(=O)N1CCC[C@@H](C(=O)OCC(Cl)(Cl)Cl)N1)C(C)C.CC(C)[C@H](O)C(=O)N[C@@H](C)C(=O)N1CCC[C@@H](C(=O)OCC(Cl)(Cl)Cl)N1.ClCCl. The highest BCUT2D eigenvalue weighted by Crippen LogP contribution is 2.27. The summed E-state index contributed by atoms with van der Waals surface area (Å²) in [5.41, 5.74) is 5.56. The Morgan fingerprint density at radius 3 is 1.35 bits per heavy atom. The standard InChI is InChI=1S/C24H38Cl3N3O7.C15H24Cl3N3O5.C9H16O3.CH2Cl2/c1-7-8-11-18(35-6)15(4)22(33)37-19(14(2)3)20(31)28-16(5)21(32)30-12-9-10-17(29-30)23(34)36-13-24(25,26)27;1-8(2)11(22)12(23)19-9(3)13(24)21-6-4-5-10(20-21)14(25)26-7-15(16,17)18;1-4-5-6-8(12-3)7(2)9(10)11;2-1-3/h7,14-19,29H,1,8-13H2,2-6H3,(H,28,31);8-11,20,22H,4-7H2,1-3H3,(H,19,23);4,7-8H,1,5-6H2,2-3H3,(H,10,11);1H2/t15-,16+,17+,18-,19+;9-,10-,11-;7-,8-;/m101./s1. The van der Waals surface area contributed by atoms with Gasteiger partial charge in [-0.2, -0.15) is 0 Å². The van der Waals surface area contributed by atoms with Gasteiger partial charge in [0.2, 0.25) is 13.5 Å². The number of aliphatic carboxylic acids is 1. The molecule has 2 heterocycles. The first-order chi connectivity index (χ1) is 36.2. The number of amides is 4. The van der Waals surface area contributed by atoms with Crippen LogP contribution in [0.3, 0.4) is 0 Å². The zero-order chi connectivity index (χ0) is 60.7. The number of halogens is 8. The molecule has 0 bridgehead atoms. The number of aliphatic hydroxyl groups is 1. The van der Waals surface area contributed by atoms with Crippen molar-refractivity contribution in [3.63, 3.8) is 0 Å². The fourth-order valence-corrected chi connectivity index (χ4v) is 7.30. The smallest absolute Gasteiger partial charge is 0.325 e. The summed E-state index contributed by atoms with van der Waals surface area (Å²) in [6.45, 7) is 20.3. The van der Waals surface area contributed by atoms with Crippen molar-refractivity contribution in [2.24, 2.45) is 23.7 Å². The molecule has 4 amide bonds. The van der Waals surface area contributed by atoms with Crippen LogP contribution < -0.4 is 21.5 Å². The van der Waals surface area contributed by atoms with Crippen LogP contribution in [0.5, 0.6) is 0 Å². The van der Waals surface area contributed by atoms with Crippen LogP contribution in [0.4, 0.5) is 0 Å². The van der Waals surface area contributed by atoms with Crippen LogP contribution in [-0.2, 0) is 62.0 Å². The van der Waals surface area contributed by atoms with Crippen LogP contribution in [0.2, 0.25) is 0 Å². The zero-order valence-corrected chi connectivity index (χ0v) is 51.9. The molecule has 0 aromatic rings. The molecular formula is C49H80Cl8N6O15. The number of carboxylic acid groups (broad SMARTS) is 1. The number of allylic oxidation sites excluding steroid dienone is 2. The monoisotopic (exact) mass is 1270 g/mol.